The van der Waals surface area contributed by atoms with E-state index in [9.17, 15) is 15.3 Å². The van der Waals surface area contributed by atoms with Crippen molar-refractivity contribution in [3.05, 3.63) is 30.5 Å². The minimum Gasteiger partial charge on any atom is -0.460 e. The molecule has 21 heavy (non-hydrogen) atoms. The summed E-state index contributed by atoms with van der Waals surface area (Å²) in [4.78, 5) is 3.01. The molecular weight excluding hydrogens is 278 g/mol. The normalized spacial score (nSPS) is 33.2. The van der Waals surface area contributed by atoms with Crippen LogP contribution in [0, 0.1) is 0 Å². The maximum Gasteiger partial charge on any atom is 0.229 e. The summed E-state index contributed by atoms with van der Waals surface area (Å²) in [6, 6.07) is 7.42. The highest BCUT2D eigenvalue weighted by molar-refractivity contribution is 5.85. The molecule has 1 aromatic heterocycles. The topological polar surface area (TPSA) is 115 Å². The van der Waals surface area contributed by atoms with Gasteiger partial charge in [0.15, 0.2) is 0 Å². The van der Waals surface area contributed by atoms with Crippen molar-refractivity contribution in [2.75, 3.05) is 6.61 Å². The molecule has 0 bridgehead atoms. The van der Waals surface area contributed by atoms with Crippen molar-refractivity contribution < 1.29 is 29.9 Å². The Morgan fingerprint density at radius 1 is 1.10 bits per heavy atom. The molecule has 0 saturated carbocycles. The number of aromatic nitrogens is 1. The van der Waals surface area contributed by atoms with Gasteiger partial charge in [-0.1, -0.05) is 12.1 Å². The summed E-state index contributed by atoms with van der Waals surface area (Å²) in [5.41, 5.74) is 0.858. The number of aromatic amines is 1. The van der Waals surface area contributed by atoms with Crippen LogP contribution in [0.3, 0.4) is 0 Å². The molecule has 1 aliphatic rings. The van der Waals surface area contributed by atoms with Gasteiger partial charge in [0.2, 0.25) is 6.29 Å². The second kappa shape index (κ2) is 5.63. The number of aliphatic hydroxyl groups excluding tert-OH is 4. The molecule has 7 nitrogen and oxygen atoms in total. The molecule has 2 aromatic rings. The lowest BCUT2D eigenvalue weighted by Gasteiger charge is -2.39. The predicted octanol–water partition coefficient (Wildman–Crippen LogP) is -0.653. The van der Waals surface area contributed by atoms with Crippen molar-refractivity contribution in [2.45, 2.75) is 30.7 Å². The standard InChI is InChI=1S/C14H17NO6/c16-6-10-11(17)12(18)13(19)14(21-10)20-9-5-15-8-4-2-1-3-7(8)9/h1-5,10-19H,6H2/t10-,11-,12-,13-,14+/m0/s1. The third-order valence-corrected chi connectivity index (χ3v) is 3.64. The maximum absolute atomic E-state index is 9.94. The molecule has 2 heterocycles. The van der Waals surface area contributed by atoms with Crippen LogP contribution < -0.4 is 4.74 Å². The molecule has 1 saturated heterocycles. The molecular formula is C14H17NO6. The fourth-order valence-electron chi connectivity index (χ4n) is 2.43. The maximum atomic E-state index is 9.94. The third kappa shape index (κ3) is 2.50. The van der Waals surface area contributed by atoms with Crippen LogP contribution in [-0.2, 0) is 4.74 Å². The van der Waals surface area contributed by atoms with Gasteiger partial charge in [0.25, 0.3) is 0 Å². The van der Waals surface area contributed by atoms with Crippen molar-refractivity contribution >= 4 is 10.9 Å². The summed E-state index contributed by atoms with van der Waals surface area (Å²) < 4.78 is 10.9. The van der Waals surface area contributed by atoms with E-state index in [-0.39, 0.29) is 0 Å². The zero-order valence-electron chi connectivity index (χ0n) is 11.1. The Labute approximate surface area is 120 Å². The largest absolute Gasteiger partial charge is 0.460 e. The lowest BCUT2D eigenvalue weighted by atomic mass is 9.99. The number of H-pyrrole nitrogens is 1. The van der Waals surface area contributed by atoms with Crippen LogP contribution in [0.15, 0.2) is 30.5 Å². The van der Waals surface area contributed by atoms with Crippen molar-refractivity contribution in [3.8, 4) is 5.75 Å². The van der Waals surface area contributed by atoms with E-state index in [4.69, 9.17) is 14.6 Å². The molecule has 5 N–H and O–H groups in total. The molecule has 0 spiro atoms. The Bertz CT molecular complexity index is 612. The second-order valence-electron chi connectivity index (χ2n) is 5.01. The van der Waals surface area contributed by atoms with Gasteiger partial charge in [0.05, 0.1) is 6.61 Å². The van der Waals surface area contributed by atoms with Gasteiger partial charge < -0.3 is 34.9 Å². The highest BCUT2D eigenvalue weighted by Crippen LogP contribution is 2.29. The minimum absolute atomic E-state index is 0.454. The van der Waals surface area contributed by atoms with Crippen molar-refractivity contribution in [2.24, 2.45) is 0 Å². The van der Waals surface area contributed by atoms with Crippen molar-refractivity contribution in [1.29, 1.82) is 0 Å². The molecule has 1 aromatic carbocycles. The minimum atomic E-state index is -1.45. The number of para-hydroxylation sites is 1. The fraction of sp³-hybridized carbons (Fsp3) is 0.429. The average molecular weight is 295 g/mol. The lowest BCUT2D eigenvalue weighted by molar-refractivity contribution is -0.277. The molecule has 7 heteroatoms. The summed E-state index contributed by atoms with van der Waals surface area (Å²) in [7, 11) is 0. The SMILES string of the molecule is OC[C@@H]1O[C@@H](Oc2c[nH]c3ccccc23)[C@@H](O)[C@@H](O)[C@H]1O. The Kier molecular flexibility index (Phi) is 3.83. The second-order valence-corrected chi connectivity index (χ2v) is 5.01. The van der Waals surface area contributed by atoms with E-state index in [2.05, 4.69) is 4.98 Å². The fourth-order valence-corrected chi connectivity index (χ4v) is 2.43. The average Bonchev–Trinajstić information content (AvgIpc) is 2.91. The van der Waals surface area contributed by atoms with E-state index < -0.39 is 37.3 Å². The van der Waals surface area contributed by atoms with Gasteiger partial charge in [-0.2, -0.15) is 0 Å². The number of hydrogen-bond acceptors (Lipinski definition) is 6. The first-order valence-corrected chi connectivity index (χ1v) is 6.65. The number of benzene rings is 1. The summed E-state index contributed by atoms with van der Waals surface area (Å²) in [6.07, 6.45) is -4.82. The van der Waals surface area contributed by atoms with Crippen LogP contribution >= 0.6 is 0 Å². The zero-order valence-corrected chi connectivity index (χ0v) is 11.1. The Balaban J connectivity index is 1.83. The highest BCUT2D eigenvalue weighted by Gasteiger charge is 2.44. The summed E-state index contributed by atoms with van der Waals surface area (Å²) in [5, 5.41) is 39.3. The number of aliphatic hydroxyl groups is 4. The highest BCUT2D eigenvalue weighted by atomic mass is 16.7. The summed E-state index contributed by atoms with van der Waals surface area (Å²) in [6.45, 7) is -0.487. The van der Waals surface area contributed by atoms with E-state index in [1.807, 2.05) is 24.3 Å². The van der Waals surface area contributed by atoms with Crippen molar-refractivity contribution in [1.82, 2.24) is 4.98 Å². The third-order valence-electron chi connectivity index (χ3n) is 3.64. The molecule has 0 unspecified atom stereocenters. The monoisotopic (exact) mass is 295 g/mol. The summed E-state index contributed by atoms with van der Waals surface area (Å²) >= 11 is 0. The van der Waals surface area contributed by atoms with E-state index in [0.717, 1.165) is 10.9 Å². The van der Waals surface area contributed by atoms with Gasteiger partial charge in [-0.25, -0.2) is 0 Å². The number of hydrogen-bond donors (Lipinski definition) is 5. The first-order chi connectivity index (χ1) is 10.1. The van der Waals surface area contributed by atoms with Crippen LogP contribution in [0.5, 0.6) is 5.75 Å². The Hall–Kier alpha value is -1.64. The molecule has 3 rings (SSSR count). The molecule has 1 aliphatic heterocycles. The lowest BCUT2D eigenvalue weighted by Crippen LogP contribution is -2.60. The Morgan fingerprint density at radius 2 is 1.86 bits per heavy atom. The molecule has 0 radical (unpaired) electrons. The van der Waals surface area contributed by atoms with Gasteiger partial charge in [-0.3, -0.25) is 0 Å². The van der Waals surface area contributed by atoms with Gasteiger partial charge in [0, 0.05) is 17.1 Å². The molecule has 1 fully saturated rings. The number of rotatable bonds is 3. The van der Waals surface area contributed by atoms with Gasteiger partial charge in [-0.15, -0.1) is 0 Å². The van der Waals surface area contributed by atoms with E-state index in [1.165, 1.54) is 0 Å². The predicted molar refractivity (Wildman–Crippen MR) is 72.7 cm³/mol. The molecule has 5 atom stereocenters. The number of ether oxygens (including phenoxy) is 2. The van der Waals surface area contributed by atoms with Crippen LogP contribution in [0.25, 0.3) is 10.9 Å². The van der Waals surface area contributed by atoms with Crippen LogP contribution in [-0.4, -0.2) is 62.7 Å². The van der Waals surface area contributed by atoms with Gasteiger partial charge >= 0.3 is 0 Å². The van der Waals surface area contributed by atoms with Gasteiger partial charge in [-0.05, 0) is 12.1 Å². The zero-order chi connectivity index (χ0) is 15.0. The number of nitrogens with one attached hydrogen (secondary N) is 1. The van der Waals surface area contributed by atoms with Crippen LogP contribution in [0.1, 0.15) is 0 Å². The smallest absolute Gasteiger partial charge is 0.229 e. The van der Waals surface area contributed by atoms with Crippen molar-refractivity contribution in [3.63, 3.8) is 0 Å². The quantitative estimate of drug-likeness (QED) is 0.514. The molecule has 0 aliphatic carbocycles. The van der Waals surface area contributed by atoms with Crippen LogP contribution in [0.2, 0.25) is 0 Å². The molecule has 0 amide bonds. The van der Waals surface area contributed by atoms with E-state index in [1.54, 1.807) is 6.20 Å². The van der Waals surface area contributed by atoms with Crippen LogP contribution in [0.4, 0.5) is 0 Å². The number of fused-ring (bicyclic) bond motifs is 1. The summed E-state index contributed by atoms with van der Waals surface area (Å²) in [5.74, 6) is 0.454. The van der Waals surface area contributed by atoms with Gasteiger partial charge in [0.1, 0.15) is 30.2 Å². The Morgan fingerprint density at radius 3 is 2.62 bits per heavy atom. The first kappa shape index (κ1) is 14.3. The molecule has 114 valence electrons. The first-order valence-electron chi connectivity index (χ1n) is 6.65. The van der Waals surface area contributed by atoms with E-state index in [0.29, 0.717) is 5.75 Å². The van der Waals surface area contributed by atoms with E-state index >= 15 is 0 Å².